The van der Waals surface area contributed by atoms with Crippen molar-refractivity contribution < 1.29 is 9.53 Å². The number of hydrogen-bond donors (Lipinski definition) is 2. The van der Waals surface area contributed by atoms with E-state index < -0.39 is 0 Å². The van der Waals surface area contributed by atoms with E-state index >= 15 is 0 Å². The van der Waals surface area contributed by atoms with Crippen LogP contribution in [-0.4, -0.2) is 25.6 Å². The summed E-state index contributed by atoms with van der Waals surface area (Å²) in [6.45, 7) is 5.21. The van der Waals surface area contributed by atoms with Crippen molar-refractivity contribution in [1.29, 1.82) is 0 Å². The Morgan fingerprint density at radius 1 is 1.42 bits per heavy atom. The van der Waals surface area contributed by atoms with E-state index in [9.17, 15) is 4.79 Å². The molecule has 0 aromatic heterocycles. The van der Waals surface area contributed by atoms with E-state index in [1.54, 1.807) is 13.1 Å². The molecule has 0 aliphatic rings. The second-order valence-electron chi connectivity index (χ2n) is 4.56. The predicted molar refractivity (Wildman–Crippen MR) is 77.6 cm³/mol. The van der Waals surface area contributed by atoms with E-state index in [1.165, 1.54) is 0 Å². The largest absolute Gasteiger partial charge is 0.493 e. The SMILES string of the molecule is CNC(=O)CCOc1ccc(Cl)cc1CNC(C)C. The van der Waals surface area contributed by atoms with Crippen molar-refractivity contribution >= 4 is 17.5 Å². The summed E-state index contributed by atoms with van der Waals surface area (Å²) in [7, 11) is 1.61. The van der Waals surface area contributed by atoms with Crippen molar-refractivity contribution in [3.63, 3.8) is 0 Å². The van der Waals surface area contributed by atoms with Gasteiger partial charge in [-0.05, 0) is 18.2 Å². The molecular weight excluding hydrogens is 264 g/mol. The third-order valence-corrected chi connectivity index (χ3v) is 2.82. The van der Waals surface area contributed by atoms with E-state index in [2.05, 4.69) is 24.5 Å². The lowest BCUT2D eigenvalue weighted by molar-refractivity contribution is -0.121. The van der Waals surface area contributed by atoms with E-state index in [0.29, 0.717) is 30.6 Å². The predicted octanol–water partition coefficient (Wildman–Crippen LogP) is 2.35. The molecule has 0 spiro atoms. The number of ether oxygens (including phenoxy) is 1. The molecule has 5 heteroatoms. The quantitative estimate of drug-likeness (QED) is 0.808. The molecule has 0 radical (unpaired) electrons. The van der Waals surface area contributed by atoms with Crippen LogP contribution in [-0.2, 0) is 11.3 Å². The second kappa shape index (κ2) is 8.02. The third-order valence-electron chi connectivity index (χ3n) is 2.59. The van der Waals surface area contributed by atoms with Gasteiger partial charge in [0.05, 0.1) is 13.0 Å². The van der Waals surface area contributed by atoms with E-state index in [-0.39, 0.29) is 5.91 Å². The molecule has 0 aliphatic heterocycles. The van der Waals surface area contributed by atoms with Crippen LogP contribution >= 0.6 is 11.6 Å². The Labute approximate surface area is 119 Å². The van der Waals surface area contributed by atoms with Crippen LogP contribution in [0, 0.1) is 0 Å². The topological polar surface area (TPSA) is 50.4 Å². The summed E-state index contributed by atoms with van der Waals surface area (Å²) in [5.74, 6) is 0.734. The highest BCUT2D eigenvalue weighted by Crippen LogP contribution is 2.23. The number of amides is 1. The number of nitrogens with one attached hydrogen (secondary N) is 2. The maximum atomic E-state index is 11.1. The molecule has 0 unspecified atom stereocenters. The van der Waals surface area contributed by atoms with Gasteiger partial charge < -0.3 is 15.4 Å². The molecule has 1 aromatic rings. The second-order valence-corrected chi connectivity index (χ2v) is 5.00. The Kier molecular flexibility index (Phi) is 6.67. The van der Waals surface area contributed by atoms with Gasteiger partial charge in [0.25, 0.3) is 0 Å². The van der Waals surface area contributed by atoms with Gasteiger partial charge in [0.15, 0.2) is 0 Å². The molecule has 1 rings (SSSR count). The van der Waals surface area contributed by atoms with Crippen molar-refractivity contribution in [1.82, 2.24) is 10.6 Å². The standard InChI is InChI=1S/C14H21ClN2O2/c1-10(2)17-9-11-8-12(15)4-5-13(11)19-7-6-14(18)16-3/h4-5,8,10,17H,6-7,9H2,1-3H3,(H,16,18). The zero-order valence-corrected chi connectivity index (χ0v) is 12.4. The lowest BCUT2D eigenvalue weighted by Crippen LogP contribution is -2.23. The summed E-state index contributed by atoms with van der Waals surface area (Å²) in [6.07, 6.45) is 0.343. The van der Waals surface area contributed by atoms with Crippen LogP contribution < -0.4 is 15.4 Å². The molecular formula is C14H21ClN2O2. The van der Waals surface area contributed by atoms with Gasteiger partial charge in [-0.1, -0.05) is 25.4 Å². The monoisotopic (exact) mass is 284 g/mol. The van der Waals surface area contributed by atoms with Crippen LogP contribution in [0.2, 0.25) is 5.02 Å². The Balaban J connectivity index is 2.62. The Bertz CT molecular complexity index is 422. The maximum absolute atomic E-state index is 11.1. The van der Waals surface area contributed by atoms with Crippen LogP contribution in [0.5, 0.6) is 5.75 Å². The highest BCUT2D eigenvalue weighted by Gasteiger charge is 2.06. The number of carbonyl (C=O) groups is 1. The average molecular weight is 285 g/mol. The number of halogens is 1. The lowest BCUT2D eigenvalue weighted by Gasteiger charge is -2.14. The number of rotatable bonds is 7. The molecule has 19 heavy (non-hydrogen) atoms. The van der Waals surface area contributed by atoms with Crippen molar-refractivity contribution in [2.24, 2.45) is 0 Å². The maximum Gasteiger partial charge on any atom is 0.223 e. The number of benzene rings is 1. The van der Waals surface area contributed by atoms with Gasteiger partial charge >= 0.3 is 0 Å². The van der Waals surface area contributed by atoms with Gasteiger partial charge in [0.2, 0.25) is 5.91 Å². The van der Waals surface area contributed by atoms with Crippen molar-refractivity contribution in [3.05, 3.63) is 28.8 Å². The normalized spacial score (nSPS) is 10.6. The zero-order valence-electron chi connectivity index (χ0n) is 11.6. The summed E-state index contributed by atoms with van der Waals surface area (Å²) in [5, 5.41) is 6.56. The molecule has 2 N–H and O–H groups in total. The van der Waals surface area contributed by atoms with E-state index in [4.69, 9.17) is 16.3 Å². The number of carbonyl (C=O) groups excluding carboxylic acids is 1. The minimum atomic E-state index is -0.0316. The zero-order chi connectivity index (χ0) is 14.3. The summed E-state index contributed by atoms with van der Waals surface area (Å²) >= 11 is 5.99. The first-order valence-electron chi connectivity index (χ1n) is 6.38. The van der Waals surface area contributed by atoms with Gasteiger partial charge in [0.1, 0.15) is 5.75 Å². The van der Waals surface area contributed by atoms with Crippen LogP contribution in [0.15, 0.2) is 18.2 Å². The molecule has 0 saturated heterocycles. The fraction of sp³-hybridized carbons (Fsp3) is 0.500. The average Bonchev–Trinajstić information content (AvgIpc) is 2.38. The molecule has 0 aliphatic carbocycles. The van der Waals surface area contributed by atoms with Crippen LogP contribution in [0.4, 0.5) is 0 Å². The van der Waals surface area contributed by atoms with Gasteiger partial charge in [-0.2, -0.15) is 0 Å². The molecule has 0 saturated carbocycles. The van der Waals surface area contributed by atoms with Gasteiger partial charge in [-0.25, -0.2) is 0 Å². The number of hydrogen-bond acceptors (Lipinski definition) is 3. The first kappa shape index (κ1) is 15.8. The summed E-state index contributed by atoms with van der Waals surface area (Å²) < 4.78 is 5.64. The molecule has 4 nitrogen and oxygen atoms in total. The van der Waals surface area contributed by atoms with E-state index in [1.807, 2.05) is 12.1 Å². The van der Waals surface area contributed by atoms with Crippen LogP contribution in [0.25, 0.3) is 0 Å². The van der Waals surface area contributed by atoms with Crippen molar-refractivity contribution in [3.8, 4) is 5.75 Å². The molecule has 0 atom stereocenters. The first-order chi connectivity index (χ1) is 9.02. The van der Waals surface area contributed by atoms with Crippen LogP contribution in [0.1, 0.15) is 25.8 Å². The molecule has 1 aromatic carbocycles. The molecule has 0 bridgehead atoms. The van der Waals surface area contributed by atoms with Crippen molar-refractivity contribution in [2.45, 2.75) is 32.9 Å². The molecule has 106 valence electrons. The minimum absolute atomic E-state index is 0.0316. The lowest BCUT2D eigenvalue weighted by atomic mass is 10.2. The third kappa shape index (κ3) is 5.94. The van der Waals surface area contributed by atoms with Crippen molar-refractivity contribution in [2.75, 3.05) is 13.7 Å². The smallest absolute Gasteiger partial charge is 0.223 e. The molecule has 1 amide bonds. The fourth-order valence-electron chi connectivity index (χ4n) is 1.52. The van der Waals surface area contributed by atoms with Gasteiger partial charge in [0, 0.05) is 30.2 Å². The van der Waals surface area contributed by atoms with Gasteiger partial charge in [-0.3, -0.25) is 4.79 Å². The highest BCUT2D eigenvalue weighted by molar-refractivity contribution is 6.30. The molecule has 0 heterocycles. The Morgan fingerprint density at radius 3 is 2.79 bits per heavy atom. The highest BCUT2D eigenvalue weighted by atomic mass is 35.5. The van der Waals surface area contributed by atoms with Gasteiger partial charge in [-0.15, -0.1) is 0 Å². The summed E-state index contributed by atoms with van der Waals surface area (Å²) in [6, 6.07) is 5.89. The minimum Gasteiger partial charge on any atom is -0.493 e. The fourth-order valence-corrected chi connectivity index (χ4v) is 1.71. The summed E-state index contributed by atoms with van der Waals surface area (Å²) in [5.41, 5.74) is 0.998. The first-order valence-corrected chi connectivity index (χ1v) is 6.76. The van der Waals surface area contributed by atoms with Crippen LogP contribution in [0.3, 0.4) is 0 Å². The molecule has 0 fully saturated rings. The Morgan fingerprint density at radius 2 is 2.16 bits per heavy atom. The summed E-state index contributed by atoms with van der Waals surface area (Å²) in [4.78, 5) is 11.1. The van der Waals surface area contributed by atoms with E-state index in [0.717, 1.165) is 11.3 Å². The Hall–Kier alpha value is -1.26.